The summed E-state index contributed by atoms with van der Waals surface area (Å²) in [6, 6.07) is 0.298. The van der Waals surface area contributed by atoms with Gasteiger partial charge in [0, 0.05) is 18.2 Å². The van der Waals surface area contributed by atoms with Gasteiger partial charge in [-0.3, -0.25) is 4.90 Å². The van der Waals surface area contributed by atoms with Gasteiger partial charge in [-0.2, -0.15) is 0 Å². The van der Waals surface area contributed by atoms with Crippen LogP contribution in [-0.4, -0.2) is 42.3 Å². The molecule has 118 valence electrons. The van der Waals surface area contributed by atoms with Crippen molar-refractivity contribution >= 4 is 0 Å². The van der Waals surface area contributed by atoms with Crippen LogP contribution < -0.4 is 5.73 Å². The van der Waals surface area contributed by atoms with Crippen molar-refractivity contribution in [2.24, 2.45) is 5.73 Å². The molecule has 2 rings (SSSR count). The van der Waals surface area contributed by atoms with Crippen LogP contribution in [0, 0.1) is 0 Å². The first kappa shape index (κ1) is 16.3. The summed E-state index contributed by atoms with van der Waals surface area (Å²) in [5.74, 6) is 0. The largest absolute Gasteiger partial charge is 0.378 e. The Hall–Kier alpha value is -0.120. The standard InChI is InChI=1S/C17H34N2O/c1-3-17(2,19-12-5-4-6-13-19)16(18)11-7-9-15-10-8-14-20-15/h15-16H,3-14,18H2,1-2H3. The second kappa shape index (κ2) is 7.77. The van der Waals surface area contributed by atoms with E-state index >= 15 is 0 Å². The summed E-state index contributed by atoms with van der Waals surface area (Å²) in [6.07, 6.45) is 11.8. The lowest BCUT2D eigenvalue weighted by Crippen LogP contribution is -2.59. The highest BCUT2D eigenvalue weighted by Gasteiger charge is 2.36. The molecule has 3 heteroatoms. The molecule has 0 aromatic carbocycles. The number of ether oxygens (including phenoxy) is 1. The molecule has 0 bridgehead atoms. The van der Waals surface area contributed by atoms with Crippen LogP contribution in [-0.2, 0) is 4.74 Å². The van der Waals surface area contributed by atoms with Crippen LogP contribution in [0.5, 0.6) is 0 Å². The molecule has 20 heavy (non-hydrogen) atoms. The molecule has 2 aliphatic rings. The Morgan fingerprint density at radius 3 is 2.60 bits per heavy atom. The van der Waals surface area contributed by atoms with Crippen molar-refractivity contribution in [1.82, 2.24) is 4.90 Å². The average molecular weight is 282 g/mol. The number of nitrogens with zero attached hydrogens (tertiary/aromatic N) is 1. The zero-order valence-electron chi connectivity index (χ0n) is 13.6. The van der Waals surface area contributed by atoms with Crippen LogP contribution in [0.2, 0.25) is 0 Å². The number of hydrogen-bond acceptors (Lipinski definition) is 3. The predicted octanol–water partition coefficient (Wildman–Crippen LogP) is 3.32. The number of rotatable bonds is 7. The van der Waals surface area contributed by atoms with Gasteiger partial charge in [0.05, 0.1) is 6.10 Å². The van der Waals surface area contributed by atoms with Gasteiger partial charge in [0.25, 0.3) is 0 Å². The topological polar surface area (TPSA) is 38.5 Å². The Labute approximate surface area is 125 Å². The molecule has 2 saturated heterocycles. The van der Waals surface area contributed by atoms with Crippen LogP contribution in [0.3, 0.4) is 0 Å². The lowest BCUT2D eigenvalue weighted by Gasteiger charge is -2.47. The number of likely N-dealkylation sites (tertiary alicyclic amines) is 1. The van der Waals surface area contributed by atoms with Gasteiger partial charge < -0.3 is 10.5 Å². The van der Waals surface area contributed by atoms with Crippen molar-refractivity contribution < 1.29 is 4.74 Å². The van der Waals surface area contributed by atoms with E-state index in [4.69, 9.17) is 10.5 Å². The maximum atomic E-state index is 6.60. The van der Waals surface area contributed by atoms with Gasteiger partial charge in [0.1, 0.15) is 0 Å². The van der Waals surface area contributed by atoms with Crippen LogP contribution in [0.15, 0.2) is 0 Å². The van der Waals surface area contributed by atoms with Crippen LogP contribution >= 0.6 is 0 Å². The fourth-order valence-corrected chi connectivity index (χ4v) is 3.87. The van der Waals surface area contributed by atoms with E-state index < -0.39 is 0 Å². The summed E-state index contributed by atoms with van der Waals surface area (Å²) in [5.41, 5.74) is 6.79. The van der Waals surface area contributed by atoms with Crippen LogP contribution in [0.1, 0.15) is 71.6 Å². The van der Waals surface area contributed by atoms with Gasteiger partial charge in [-0.25, -0.2) is 0 Å². The smallest absolute Gasteiger partial charge is 0.0576 e. The van der Waals surface area contributed by atoms with E-state index in [1.807, 2.05) is 0 Å². The lowest BCUT2D eigenvalue weighted by atomic mass is 9.83. The second-order valence-electron chi connectivity index (χ2n) is 6.93. The van der Waals surface area contributed by atoms with Crippen molar-refractivity contribution in [3.8, 4) is 0 Å². The maximum absolute atomic E-state index is 6.60. The molecule has 2 N–H and O–H groups in total. The highest BCUT2D eigenvalue weighted by Crippen LogP contribution is 2.29. The fraction of sp³-hybridized carbons (Fsp3) is 1.00. The first-order valence-electron chi connectivity index (χ1n) is 8.79. The molecular weight excluding hydrogens is 248 g/mol. The lowest BCUT2D eigenvalue weighted by molar-refractivity contribution is 0.0488. The first-order valence-corrected chi connectivity index (χ1v) is 8.79. The summed E-state index contributed by atoms with van der Waals surface area (Å²) in [5, 5.41) is 0. The molecule has 0 aliphatic carbocycles. The van der Waals surface area contributed by atoms with Gasteiger partial charge in [0.2, 0.25) is 0 Å². The normalized spacial score (nSPS) is 29.2. The molecule has 0 radical (unpaired) electrons. The Morgan fingerprint density at radius 2 is 2.00 bits per heavy atom. The minimum Gasteiger partial charge on any atom is -0.378 e. The van der Waals surface area contributed by atoms with Gasteiger partial charge in [0.15, 0.2) is 0 Å². The van der Waals surface area contributed by atoms with Crippen LogP contribution in [0.4, 0.5) is 0 Å². The summed E-state index contributed by atoms with van der Waals surface area (Å²) in [7, 11) is 0. The van der Waals surface area contributed by atoms with Crippen molar-refractivity contribution in [3.05, 3.63) is 0 Å². The van der Waals surface area contributed by atoms with Gasteiger partial charge in [-0.1, -0.05) is 13.3 Å². The number of piperidine rings is 1. The van der Waals surface area contributed by atoms with E-state index in [0.717, 1.165) is 19.4 Å². The van der Waals surface area contributed by atoms with Crippen LogP contribution in [0.25, 0.3) is 0 Å². The van der Waals surface area contributed by atoms with Crippen molar-refractivity contribution in [1.29, 1.82) is 0 Å². The third-order valence-corrected chi connectivity index (χ3v) is 5.66. The molecule has 2 aliphatic heterocycles. The third kappa shape index (κ3) is 3.96. The summed E-state index contributed by atoms with van der Waals surface area (Å²) < 4.78 is 5.71. The Kier molecular flexibility index (Phi) is 6.31. The molecule has 3 unspecified atom stereocenters. The van der Waals surface area contributed by atoms with E-state index in [0.29, 0.717) is 12.1 Å². The maximum Gasteiger partial charge on any atom is 0.0576 e. The monoisotopic (exact) mass is 282 g/mol. The summed E-state index contributed by atoms with van der Waals surface area (Å²) in [4.78, 5) is 2.66. The average Bonchev–Trinajstić information content (AvgIpc) is 3.00. The third-order valence-electron chi connectivity index (χ3n) is 5.66. The highest BCUT2D eigenvalue weighted by molar-refractivity contribution is 4.95. The minimum absolute atomic E-state index is 0.191. The molecule has 2 heterocycles. The quantitative estimate of drug-likeness (QED) is 0.778. The Morgan fingerprint density at radius 1 is 1.25 bits per heavy atom. The molecule has 3 atom stereocenters. The second-order valence-corrected chi connectivity index (χ2v) is 6.93. The van der Waals surface area contributed by atoms with Crippen molar-refractivity contribution in [2.75, 3.05) is 19.7 Å². The van der Waals surface area contributed by atoms with E-state index in [9.17, 15) is 0 Å². The van der Waals surface area contributed by atoms with Crippen molar-refractivity contribution in [2.45, 2.75) is 89.3 Å². The molecule has 3 nitrogen and oxygen atoms in total. The van der Waals surface area contributed by atoms with Gasteiger partial charge in [-0.05, 0) is 71.4 Å². The zero-order chi connectivity index (χ0) is 14.4. The molecule has 0 saturated carbocycles. The minimum atomic E-state index is 0.191. The zero-order valence-corrected chi connectivity index (χ0v) is 13.6. The SMILES string of the molecule is CCC(C)(C(N)CCCC1CCCO1)N1CCCCC1. The Bertz CT molecular complexity index is 272. The van der Waals surface area contributed by atoms with E-state index in [-0.39, 0.29) is 5.54 Å². The summed E-state index contributed by atoms with van der Waals surface area (Å²) in [6.45, 7) is 8.13. The molecular formula is C17H34N2O. The highest BCUT2D eigenvalue weighted by atomic mass is 16.5. The van der Waals surface area contributed by atoms with E-state index in [1.54, 1.807) is 0 Å². The molecule has 0 aromatic rings. The summed E-state index contributed by atoms with van der Waals surface area (Å²) >= 11 is 0. The predicted molar refractivity (Wildman–Crippen MR) is 84.9 cm³/mol. The molecule has 2 fully saturated rings. The van der Waals surface area contributed by atoms with Gasteiger partial charge in [-0.15, -0.1) is 0 Å². The molecule has 0 amide bonds. The number of nitrogens with two attached hydrogens (primary N) is 1. The van der Waals surface area contributed by atoms with Crippen molar-refractivity contribution in [3.63, 3.8) is 0 Å². The Balaban J connectivity index is 1.78. The fourth-order valence-electron chi connectivity index (χ4n) is 3.87. The first-order chi connectivity index (χ1) is 9.66. The number of hydrogen-bond donors (Lipinski definition) is 1. The molecule has 0 spiro atoms. The molecule has 0 aromatic heterocycles. The van der Waals surface area contributed by atoms with E-state index in [1.165, 1.54) is 58.0 Å². The van der Waals surface area contributed by atoms with Gasteiger partial charge >= 0.3 is 0 Å². The van der Waals surface area contributed by atoms with E-state index in [2.05, 4.69) is 18.7 Å².